The van der Waals surface area contributed by atoms with Crippen LogP contribution in [0.5, 0.6) is 5.75 Å². The van der Waals surface area contributed by atoms with Crippen LogP contribution in [0, 0.1) is 0 Å². The number of hydrogen-bond acceptors (Lipinski definition) is 10. The van der Waals surface area contributed by atoms with Gasteiger partial charge < -0.3 is 34.3 Å². The Kier molecular flexibility index (Phi) is 16.1. The maximum Gasteiger partial charge on any atom is 0.408 e. The zero-order valence-electron chi connectivity index (χ0n) is 25.8. The Morgan fingerprint density at radius 3 is 1.63 bits per heavy atom. The van der Waals surface area contributed by atoms with Gasteiger partial charge in [0, 0.05) is 0 Å². The first-order chi connectivity index (χ1) is 22.2. The van der Waals surface area contributed by atoms with Crippen molar-refractivity contribution in [2.24, 2.45) is 0 Å². The lowest BCUT2D eigenvalue weighted by atomic mass is 9.98. The van der Waals surface area contributed by atoms with Crippen molar-refractivity contribution in [1.29, 1.82) is 0 Å². The molecule has 0 bridgehead atoms. The van der Waals surface area contributed by atoms with Crippen LogP contribution in [0.25, 0.3) is 11.1 Å². The second-order valence-electron chi connectivity index (χ2n) is 11.4. The minimum Gasteiger partial charge on any atom is -0.490 e. The molecule has 2 amide bonds. The fourth-order valence-electron chi connectivity index (χ4n) is 5.14. The van der Waals surface area contributed by atoms with E-state index in [1.54, 1.807) is 25.2 Å². The second kappa shape index (κ2) is 19.4. The van der Waals surface area contributed by atoms with Crippen molar-refractivity contribution in [2.75, 3.05) is 0 Å². The molecule has 0 spiro atoms. The van der Waals surface area contributed by atoms with Gasteiger partial charge in [-0.05, 0) is 90.7 Å². The molecule has 1 aromatic heterocycles. The molecule has 11 nitrogen and oxygen atoms in total. The van der Waals surface area contributed by atoms with Gasteiger partial charge in [-0.15, -0.1) is 0 Å². The standard InChI is InChI=1S/C18H23NO5.C16H15NO4S.3CH4/c1-12-16(17(20)23-12)19-18(21)22-11-13-7-9-15(10-8-13)24-14-5-3-2-4-6-14;1-10-14(15(18)21-10)17-16(19)20-8-11-2-4-12(5-3-11)13-6-7-22-9-13;;;/h7-10,12,14,16H,2-6,11H2,1H3,(H,19,21);2-7,9-10,14H,8H2,1H3,(H,17,19);3*1H4/t12-,16+;10-,14+;;;/m00.../s1. The molecule has 6 rings (SSSR count). The van der Waals surface area contributed by atoms with Crippen molar-refractivity contribution >= 4 is 35.5 Å². The number of carbonyl (C=O) groups is 4. The van der Waals surface area contributed by atoms with Crippen molar-refractivity contribution in [3.05, 3.63) is 76.5 Å². The maximum atomic E-state index is 11.7. The van der Waals surface area contributed by atoms with Crippen LogP contribution < -0.4 is 15.4 Å². The Bertz CT molecular complexity index is 1470. The van der Waals surface area contributed by atoms with E-state index in [0.29, 0.717) is 6.10 Å². The van der Waals surface area contributed by atoms with Crippen molar-refractivity contribution in [3.63, 3.8) is 0 Å². The fourth-order valence-corrected chi connectivity index (χ4v) is 5.80. The number of ether oxygens (including phenoxy) is 5. The molecule has 0 unspecified atom stereocenters. The zero-order valence-corrected chi connectivity index (χ0v) is 26.6. The molecule has 4 atom stereocenters. The van der Waals surface area contributed by atoms with Gasteiger partial charge >= 0.3 is 24.1 Å². The number of alkyl carbamates (subject to hydrolysis) is 2. The van der Waals surface area contributed by atoms with Crippen LogP contribution in [0.1, 0.15) is 79.4 Å². The lowest BCUT2D eigenvalue weighted by Crippen LogP contribution is -2.58. The van der Waals surface area contributed by atoms with Crippen LogP contribution in [0.15, 0.2) is 65.4 Å². The molecule has 1 aliphatic carbocycles. The fraction of sp³-hybridized carbons (Fsp3) is 0.459. The lowest BCUT2D eigenvalue weighted by molar-refractivity contribution is -0.174. The number of benzene rings is 2. The first kappa shape index (κ1) is 40.6. The maximum absolute atomic E-state index is 11.7. The largest absolute Gasteiger partial charge is 0.490 e. The van der Waals surface area contributed by atoms with Crippen molar-refractivity contribution in [2.45, 2.75) is 112 Å². The Hall–Kier alpha value is -4.58. The highest BCUT2D eigenvalue weighted by Gasteiger charge is 2.41. The molecule has 2 saturated heterocycles. The van der Waals surface area contributed by atoms with E-state index in [2.05, 4.69) is 22.1 Å². The zero-order chi connectivity index (χ0) is 32.5. The number of esters is 2. The van der Waals surface area contributed by atoms with Gasteiger partial charge in [0.1, 0.15) is 31.2 Å². The number of nitrogens with one attached hydrogen (secondary N) is 2. The molecule has 3 aliphatic rings. The third kappa shape index (κ3) is 11.5. The lowest BCUT2D eigenvalue weighted by Gasteiger charge is -2.32. The van der Waals surface area contributed by atoms with E-state index < -0.39 is 36.2 Å². The highest BCUT2D eigenvalue weighted by atomic mass is 32.1. The summed E-state index contributed by atoms with van der Waals surface area (Å²) in [7, 11) is 0. The molecule has 3 fully saturated rings. The molecule has 268 valence electrons. The van der Waals surface area contributed by atoms with Gasteiger partial charge in [0.15, 0.2) is 12.1 Å². The van der Waals surface area contributed by atoms with E-state index >= 15 is 0 Å². The summed E-state index contributed by atoms with van der Waals surface area (Å²) in [5.74, 6) is -0.00521. The summed E-state index contributed by atoms with van der Waals surface area (Å²) in [6.07, 6.45) is 4.48. The van der Waals surface area contributed by atoms with E-state index in [1.165, 1.54) is 24.8 Å². The summed E-state index contributed by atoms with van der Waals surface area (Å²) in [6.45, 7) is 3.74. The van der Waals surface area contributed by atoms with E-state index in [0.717, 1.165) is 35.3 Å². The monoisotopic (exact) mass is 698 g/mol. The first-order valence-corrected chi connectivity index (χ1v) is 16.3. The summed E-state index contributed by atoms with van der Waals surface area (Å²) >= 11 is 1.65. The van der Waals surface area contributed by atoms with Crippen LogP contribution in [-0.2, 0) is 41.8 Å². The van der Waals surface area contributed by atoms with Crippen LogP contribution in [0.3, 0.4) is 0 Å². The van der Waals surface area contributed by atoms with Crippen molar-refractivity contribution in [1.82, 2.24) is 10.6 Å². The van der Waals surface area contributed by atoms with E-state index in [9.17, 15) is 19.2 Å². The second-order valence-corrected chi connectivity index (χ2v) is 12.2. The van der Waals surface area contributed by atoms with Crippen LogP contribution in [0.4, 0.5) is 9.59 Å². The minimum atomic E-state index is -0.619. The van der Waals surface area contributed by atoms with Gasteiger partial charge in [0.2, 0.25) is 0 Å². The molecular formula is C37H50N2O9S. The number of cyclic esters (lactones) is 2. The van der Waals surface area contributed by atoms with Gasteiger partial charge in [0.25, 0.3) is 0 Å². The smallest absolute Gasteiger partial charge is 0.408 e. The summed E-state index contributed by atoms with van der Waals surface area (Å²) in [5.41, 5.74) is 4.05. The average Bonchev–Trinajstić information content (AvgIpc) is 3.61. The third-order valence-corrected chi connectivity index (χ3v) is 8.61. The SMILES string of the molecule is C.C.C.C[C@@H]1OC(=O)[C@@H]1NC(=O)OCc1ccc(-c2ccsc2)cc1.C[C@@H]1OC(=O)[C@@H]1NC(=O)OCc1ccc(OC2CCCCC2)cc1. The van der Waals surface area contributed by atoms with Crippen LogP contribution in [0.2, 0.25) is 0 Å². The first-order valence-electron chi connectivity index (χ1n) is 15.4. The molecule has 3 heterocycles. The number of thiophene rings is 1. The van der Waals surface area contributed by atoms with E-state index in [1.807, 2.05) is 53.9 Å². The molecule has 1 saturated carbocycles. The average molecular weight is 699 g/mol. The van der Waals surface area contributed by atoms with Crippen molar-refractivity contribution < 1.29 is 42.9 Å². The number of rotatable bonds is 9. The summed E-state index contributed by atoms with van der Waals surface area (Å²) in [5, 5.41) is 9.09. The van der Waals surface area contributed by atoms with Gasteiger partial charge in [-0.25, -0.2) is 19.2 Å². The minimum absolute atomic E-state index is 0. The summed E-state index contributed by atoms with van der Waals surface area (Å²) < 4.78 is 25.7. The normalized spacial score (nSPS) is 20.6. The highest BCUT2D eigenvalue weighted by molar-refractivity contribution is 7.08. The molecule has 2 aromatic carbocycles. The Morgan fingerprint density at radius 2 is 1.20 bits per heavy atom. The van der Waals surface area contributed by atoms with Gasteiger partial charge in [0.05, 0.1) is 6.10 Å². The number of carbonyl (C=O) groups excluding carboxylic acids is 4. The van der Waals surface area contributed by atoms with E-state index in [4.69, 9.17) is 23.7 Å². The number of hydrogen-bond donors (Lipinski definition) is 2. The summed E-state index contributed by atoms with van der Waals surface area (Å²) in [6, 6.07) is 16.2. The molecule has 49 heavy (non-hydrogen) atoms. The predicted molar refractivity (Wildman–Crippen MR) is 189 cm³/mol. The highest BCUT2D eigenvalue weighted by Crippen LogP contribution is 2.24. The van der Waals surface area contributed by atoms with Crippen LogP contribution >= 0.6 is 11.3 Å². The molecular weight excluding hydrogens is 648 g/mol. The van der Waals surface area contributed by atoms with E-state index in [-0.39, 0.29) is 47.7 Å². The predicted octanol–water partition coefficient (Wildman–Crippen LogP) is 7.80. The van der Waals surface area contributed by atoms with Crippen molar-refractivity contribution in [3.8, 4) is 16.9 Å². The Morgan fingerprint density at radius 1 is 0.714 bits per heavy atom. The number of amides is 2. The third-order valence-electron chi connectivity index (χ3n) is 7.92. The topological polar surface area (TPSA) is 138 Å². The Labute approximate surface area is 293 Å². The summed E-state index contributed by atoms with van der Waals surface area (Å²) in [4.78, 5) is 45.6. The molecule has 2 aliphatic heterocycles. The van der Waals surface area contributed by atoms with Gasteiger partial charge in [-0.1, -0.05) is 65.1 Å². The van der Waals surface area contributed by atoms with Gasteiger partial charge in [-0.2, -0.15) is 11.3 Å². The van der Waals surface area contributed by atoms with Crippen LogP contribution in [-0.4, -0.2) is 54.5 Å². The molecule has 12 heteroatoms. The molecule has 0 radical (unpaired) electrons. The Balaban J connectivity index is 0.000000321. The molecule has 3 aromatic rings. The quantitative estimate of drug-likeness (QED) is 0.169. The molecule has 2 N–H and O–H groups in total. The van der Waals surface area contributed by atoms with Gasteiger partial charge in [-0.3, -0.25) is 0 Å².